The van der Waals surface area contributed by atoms with Gasteiger partial charge in [0.05, 0.1) is 23.1 Å². The summed E-state index contributed by atoms with van der Waals surface area (Å²) in [7, 11) is 0. The maximum atomic E-state index is 12.6. The molecule has 27 heavy (non-hydrogen) atoms. The van der Waals surface area contributed by atoms with E-state index in [0.29, 0.717) is 28.3 Å². The monoisotopic (exact) mass is 358 g/mol. The highest BCUT2D eigenvalue weighted by Crippen LogP contribution is 2.29. The summed E-state index contributed by atoms with van der Waals surface area (Å²) in [5.41, 5.74) is 1.61. The maximum absolute atomic E-state index is 12.6. The number of nitrogens with zero attached hydrogens (tertiary/aromatic N) is 1. The van der Waals surface area contributed by atoms with Gasteiger partial charge in [0.15, 0.2) is 0 Å². The molecule has 0 saturated carbocycles. The van der Waals surface area contributed by atoms with Crippen LogP contribution in [0.15, 0.2) is 77.4 Å². The van der Waals surface area contributed by atoms with Crippen LogP contribution in [0.3, 0.4) is 0 Å². The van der Waals surface area contributed by atoms with Gasteiger partial charge in [0.1, 0.15) is 5.76 Å². The van der Waals surface area contributed by atoms with Crippen LogP contribution in [0.5, 0.6) is 0 Å². The topological polar surface area (TPSA) is 79.6 Å². The van der Waals surface area contributed by atoms with Crippen molar-refractivity contribution in [1.29, 1.82) is 0 Å². The Bertz CT molecular complexity index is 1030. The number of anilines is 2. The fraction of sp³-hybridized carbons (Fsp3) is 0. The van der Waals surface area contributed by atoms with E-state index in [2.05, 4.69) is 5.32 Å². The van der Waals surface area contributed by atoms with Gasteiger partial charge in [-0.05, 0) is 48.5 Å². The highest BCUT2D eigenvalue weighted by atomic mass is 16.3. The number of hydrogen-bond acceptors (Lipinski definition) is 4. The summed E-state index contributed by atoms with van der Waals surface area (Å²) in [6.07, 6.45) is 4.40. The Morgan fingerprint density at radius 3 is 2.33 bits per heavy atom. The molecule has 1 aromatic heterocycles. The number of hydrogen-bond donors (Lipinski definition) is 1. The third-order valence-electron chi connectivity index (χ3n) is 4.11. The molecule has 0 unspecified atom stereocenters. The van der Waals surface area contributed by atoms with E-state index < -0.39 is 0 Å². The Morgan fingerprint density at radius 1 is 0.926 bits per heavy atom. The van der Waals surface area contributed by atoms with Crippen molar-refractivity contribution in [3.63, 3.8) is 0 Å². The van der Waals surface area contributed by atoms with Gasteiger partial charge in [0, 0.05) is 11.8 Å². The first-order valence-corrected chi connectivity index (χ1v) is 8.24. The van der Waals surface area contributed by atoms with Crippen molar-refractivity contribution in [3.8, 4) is 0 Å². The summed E-state index contributed by atoms with van der Waals surface area (Å²) < 4.78 is 5.13. The second kappa shape index (κ2) is 6.76. The lowest BCUT2D eigenvalue weighted by molar-refractivity contribution is -0.111. The minimum Gasteiger partial charge on any atom is -0.465 e. The van der Waals surface area contributed by atoms with Crippen LogP contribution in [-0.2, 0) is 4.79 Å². The maximum Gasteiger partial charge on any atom is 0.266 e. The lowest BCUT2D eigenvalue weighted by Crippen LogP contribution is -2.29. The van der Waals surface area contributed by atoms with Gasteiger partial charge >= 0.3 is 0 Å². The zero-order valence-electron chi connectivity index (χ0n) is 14.1. The van der Waals surface area contributed by atoms with Crippen molar-refractivity contribution >= 4 is 35.2 Å². The van der Waals surface area contributed by atoms with Gasteiger partial charge in [0.25, 0.3) is 11.8 Å². The average molecular weight is 358 g/mol. The van der Waals surface area contributed by atoms with E-state index in [1.54, 1.807) is 66.7 Å². The lowest BCUT2D eigenvalue weighted by atomic mass is 10.1. The second-order valence-electron chi connectivity index (χ2n) is 5.88. The van der Waals surface area contributed by atoms with Crippen molar-refractivity contribution in [1.82, 2.24) is 0 Å². The standard InChI is InChI=1S/C21H14N2O4/c24-19(11-10-16-7-4-12-27-16)22-14-5-3-6-15(13-14)23-20(25)17-8-1-2-9-18(17)21(23)26/h1-13H,(H,22,24)/b11-10+. The number of imide groups is 1. The number of nitrogens with one attached hydrogen (secondary N) is 1. The molecule has 132 valence electrons. The quantitative estimate of drug-likeness (QED) is 0.569. The molecule has 2 heterocycles. The van der Waals surface area contributed by atoms with Gasteiger partial charge in [-0.2, -0.15) is 0 Å². The van der Waals surface area contributed by atoms with Crippen molar-refractivity contribution in [2.75, 3.05) is 10.2 Å². The third kappa shape index (κ3) is 3.16. The van der Waals surface area contributed by atoms with Crippen LogP contribution >= 0.6 is 0 Å². The smallest absolute Gasteiger partial charge is 0.266 e. The van der Waals surface area contributed by atoms with Gasteiger partial charge in [-0.25, -0.2) is 4.90 Å². The Morgan fingerprint density at radius 2 is 1.67 bits per heavy atom. The van der Waals surface area contributed by atoms with E-state index in [4.69, 9.17) is 4.42 Å². The lowest BCUT2D eigenvalue weighted by Gasteiger charge is -2.15. The van der Waals surface area contributed by atoms with Crippen molar-refractivity contribution in [2.45, 2.75) is 0 Å². The first kappa shape index (κ1) is 16.5. The fourth-order valence-electron chi connectivity index (χ4n) is 2.87. The fourth-order valence-corrected chi connectivity index (χ4v) is 2.87. The van der Waals surface area contributed by atoms with E-state index in [0.717, 1.165) is 4.90 Å². The van der Waals surface area contributed by atoms with E-state index in [1.165, 1.54) is 12.3 Å². The molecular weight excluding hydrogens is 344 g/mol. The van der Waals surface area contributed by atoms with E-state index in [-0.39, 0.29) is 17.7 Å². The molecule has 6 nitrogen and oxygen atoms in total. The molecule has 1 aliphatic heterocycles. The molecule has 0 spiro atoms. The molecular formula is C21H14N2O4. The predicted octanol–water partition coefficient (Wildman–Crippen LogP) is 3.73. The highest BCUT2D eigenvalue weighted by Gasteiger charge is 2.36. The van der Waals surface area contributed by atoms with Gasteiger partial charge in [-0.1, -0.05) is 18.2 Å². The summed E-state index contributed by atoms with van der Waals surface area (Å²) in [5.74, 6) is -0.551. The Balaban J connectivity index is 1.54. The molecule has 0 aliphatic carbocycles. The molecule has 1 aliphatic rings. The zero-order valence-corrected chi connectivity index (χ0v) is 14.1. The van der Waals surface area contributed by atoms with Crippen LogP contribution < -0.4 is 10.2 Å². The van der Waals surface area contributed by atoms with E-state index in [9.17, 15) is 14.4 Å². The third-order valence-corrected chi connectivity index (χ3v) is 4.11. The van der Waals surface area contributed by atoms with Crippen LogP contribution in [0.25, 0.3) is 6.08 Å². The van der Waals surface area contributed by atoms with Crippen molar-refractivity contribution < 1.29 is 18.8 Å². The highest BCUT2D eigenvalue weighted by molar-refractivity contribution is 6.34. The van der Waals surface area contributed by atoms with Crippen molar-refractivity contribution in [2.24, 2.45) is 0 Å². The molecule has 0 saturated heterocycles. The average Bonchev–Trinajstić information content (AvgIpc) is 3.28. The van der Waals surface area contributed by atoms with Crippen LogP contribution in [0.1, 0.15) is 26.5 Å². The minimum atomic E-state index is -0.378. The largest absolute Gasteiger partial charge is 0.465 e. The molecule has 0 fully saturated rings. The molecule has 0 radical (unpaired) electrons. The molecule has 2 aromatic carbocycles. The number of furan rings is 1. The molecule has 1 N–H and O–H groups in total. The first-order valence-electron chi connectivity index (χ1n) is 8.24. The van der Waals surface area contributed by atoms with Crippen LogP contribution in [-0.4, -0.2) is 17.7 Å². The first-order chi connectivity index (χ1) is 13.1. The number of carbonyl (C=O) groups excluding carboxylic acids is 3. The number of rotatable bonds is 4. The van der Waals surface area contributed by atoms with E-state index >= 15 is 0 Å². The summed E-state index contributed by atoms with van der Waals surface area (Å²) >= 11 is 0. The Hall–Kier alpha value is -3.93. The summed E-state index contributed by atoms with van der Waals surface area (Å²) in [4.78, 5) is 38.3. The zero-order chi connectivity index (χ0) is 18.8. The molecule has 4 rings (SSSR count). The van der Waals surface area contributed by atoms with Gasteiger partial charge in [0.2, 0.25) is 5.91 Å². The SMILES string of the molecule is O=C(/C=C/c1ccco1)Nc1cccc(N2C(=O)c3ccccc3C2=O)c1. The molecule has 0 bridgehead atoms. The molecule has 3 aromatic rings. The Labute approximate surface area is 154 Å². The van der Waals surface area contributed by atoms with E-state index in [1.807, 2.05) is 0 Å². The predicted molar refractivity (Wildman–Crippen MR) is 100 cm³/mol. The summed E-state index contributed by atoms with van der Waals surface area (Å²) in [5, 5.41) is 2.70. The van der Waals surface area contributed by atoms with Crippen LogP contribution in [0.4, 0.5) is 11.4 Å². The number of benzene rings is 2. The minimum absolute atomic E-state index is 0.356. The normalized spacial score (nSPS) is 13.3. The van der Waals surface area contributed by atoms with Gasteiger partial charge in [-0.3, -0.25) is 14.4 Å². The number of amides is 3. The molecule has 3 amide bonds. The molecule has 6 heteroatoms. The van der Waals surface area contributed by atoms with Gasteiger partial charge in [-0.15, -0.1) is 0 Å². The number of carbonyl (C=O) groups is 3. The Kier molecular flexibility index (Phi) is 4.14. The van der Waals surface area contributed by atoms with Crippen molar-refractivity contribution in [3.05, 3.63) is 89.9 Å². The van der Waals surface area contributed by atoms with Gasteiger partial charge < -0.3 is 9.73 Å². The summed E-state index contributed by atoms with van der Waals surface area (Å²) in [6, 6.07) is 16.7. The van der Waals surface area contributed by atoms with Crippen LogP contribution in [0, 0.1) is 0 Å². The summed E-state index contributed by atoms with van der Waals surface area (Å²) in [6.45, 7) is 0. The molecule has 0 atom stereocenters. The number of fused-ring (bicyclic) bond motifs is 1. The van der Waals surface area contributed by atoms with Crippen LogP contribution in [0.2, 0.25) is 0 Å². The second-order valence-corrected chi connectivity index (χ2v) is 5.88.